The highest BCUT2D eigenvalue weighted by Gasteiger charge is 2.59. The molecule has 4 unspecified atom stereocenters. The molecular formula is C39H37BrO2. The zero-order chi connectivity index (χ0) is 29.3. The number of benzene rings is 3. The molecule has 3 heteroatoms. The van der Waals surface area contributed by atoms with Crippen molar-refractivity contribution in [2.75, 3.05) is 0 Å². The van der Waals surface area contributed by atoms with Crippen LogP contribution < -0.4 is 0 Å². The Balaban J connectivity index is 1.68. The van der Waals surface area contributed by atoms with E-state index in [0.717, 1.165) is 57.1 Å². The molecular weight excluding hydrogens is 580 g/mol. The highest BCUT2D eigenvalue weighted by Crippen LogP contribution is 2.60. The molecule has 3 aromatic carbocycles. The summed E-state index contributed by atoms with van der Waals surface area (Å²) >= 11 is 3.71. The molecule has 3 aliphatic carbocycles. The zero-order valence-corrected chi connectivity index (χ0v) is 25.8. The predicted octanol–water partition coefficient (Wildman–Crippen LogP) is 9.47. The second-order valence-corrected chi connectivity index (χ2v) is 12.3. The van der Waals surface area contributed by atoms with Crippen LogP contribution in [0.25, 0.3) is 11.1 Å². The molecule has 2 N–H and O–H groups in total. The van der Waals surface area contributed by atoms with Crippen molar-refractivity contribution in [2.45, 2.75) is 44.3 Å². The monoisotopic (exact) mass is 616 g/mol. The first kappa shape index (κ1) is 28.6. The zero-order valence-electron chi connectivity index (χ0n) is 24.2. The molecule has 0 amide bonds. The van der Waals surface area contributed by atoms with Gasteiger partial charge in [0.15, 0.2) is 0 Å². The number of halogens is 1. The van der Waals surface area contributed by atoms with Crippen LogP contribution in [-0.4, -0.2) is 10.2 Å². The Morgan fingerprint density at radius 1 is 0.881 bits per heavy atom. The lowest BCUT2D eigenvalue weighted by Crippen LogP contribution is -2.55. The summed E-state index contributed by atoms with van der Waals surface area (Å²) in [4.78, 5) is 0. The summed E-state index contributed by atoms with van der Waals surface area (Å²) in [5, 5.41) is 26.5. The summed E-state index contributed by atoms with van der Waals surface area (Å²) < 4.78 is 0.870. The third kappa shape index (κ3) is 4.55. The van der Waals surface area contributed by atoms with Crippen LogP contribution in [0.5, 0.6) is 0 Å². The minimum Gasteiger partial charge on any atom is -0.380 e. The molecule has 3 aromatic rings. The normalized spacial score (nSPS) is 26.9. The fourth-order valence-corrected chi connectivity index (χ4v) is 7.62. The van der Waals surface area contributed by atoms with Gasteiger partial charge in [0, 0.05) is 16.3 Å². The standard InChI is InChI=1S/C39H37BrO2/c1-3-5-15-27(4-2)30-18-9-11-20-32(30)39(42)35-23-14-13-22-34(35)38(41,36-25-24-29(40)26-37(36)39)33-21-12-10-19-31(33)28-16-7-6-8-17-28/h3,5-8,10-17,19-26,34-35,41-42H,4,9,18H2,1-2H3/b5-3-,27-15+. The molecule has 0 fully saturated rings. The smallest absolute Gasteiger partial charge is 0.123 e. The van der Waals surface area contributed by atoms with Gasteiger partial charge in [-0.1, -0.05) is 138 Å². The summed E-state index contributed by atoms with van der Waals surface area (Å²) in [6, 6.07) is 24.4. The molecule has 6 rings (SSSR count). The maximum atomic E-state index is 13.3. The van der Waals surface area contributed by atoms with Gasteiger partial charge in [0.05, 0.1) is 0 Å². The molecule has 212 valence electrons. The molecule has 4 atom stereocenters. The van der Waals surface area contributed by atoms with Gasteiger partial charge in [0.1, 0.15) is 11.2 Å². The third-order valence-electron chi connectivity index (χ3n) is 9.16. The summed E-state index contributed by atoms with van der Waals surface area (Å²) in [5.41, 5.74) is 4.98. The summed E-state index contributed by atoms with van der Waals surface area (Å²) in [6.45, 7) is 4.21. The van der Waals surface area contributed by atoms with E-state index in [1.165, 1.54) is 11.1 Å². The van der Waals surface area contributed by atoms with Crippen molar-refractivity contribution in [3.63, 3.8) is 0 Å². The van der Waals surface area contributed by atoms with E-state index in [4.69, 9.17) is 0 Å². The van der Waals surface area contributed by atoms with Crippen LogP contribution in [0.1, 0.15) is 49.8 Å². The third-order valence-corrected chi connectivity index (χ3v) is 9.66. The highest BCUT2D eigenvalue weighted by molar-refractivity contribution is 9.10. The van der Waals surface area contributed by atoms with Crippen LogP contribution in [0.4, 0.5) is 0 Å². The van der Waals surface area contributed by atoms with Crippen molar-refractivity contribution in [1.82, 2.24) is 0 Å². The minimum atomic E-state index is -1.38. The van der Waals surface area contributed by atoms with Gasteiger partial charge >= 0.3 is 0 Å². The van der Waals surface area contributed by atoms with E-state index >= 15 is 0 Å². The Bertz CT molecular complexity index is 1670. The minimum absolute atomic E-state index is 0.397. The number of rotatable bonds is 6. The number of fused-ring (bicyclic) bond motifs is 2. The molecule has 0 heterocycles. The van der Waals surface area contributed by atoms with E-state index in [1.807, 2.05) is 79.7 Å². The van der Waals surface area contributed by atoms with Crippen molar-refractivity contribution in [2.24, 2.45) is 11.8 Å². The molecule has 0 aromatic heterocycles. The second kappa shape index (κ2) is 11.6. The maximum absolute atomic E-state index is 13.3. The highest BCUT2D eigenvalue weighted by atomic mass is 79.9. The van der Waals surface area contributed by atoms with Gasteiger partial charge in [-0.05, 0) is 82.9 Å². The van der Waals surface area contributed by atoms with Crippen molar-refractivity contribution in [1.29, 1.82) is 0 Å². The van der Waals surface area contributed by atoms with Gasteiger partial charge in [-0.2, -0.15) is 0 Å². The lowest BCUT2D eigenvalue weighted by molar-refractivity contribution is -0.0723. The van der Waals surface area contributed by atoms with Crippen molar-refractivity contribution in [3.05, 3.63) is 165 Å². The van der Waals surface area contributed by atoms with Crippen molar-refractivity contribution < 1.29 is 10.2 Å². The van der Waals surface area contributed by atoms with Crippen LogP contribution in [0.3, 0.4) is 0 Å². The van der Waals surface area contributed by atoms with E-state index < -0.39 is 23.0 Å². The topological polar surface area (TPSA) is 40.5 Å². The summed E-state index contributed by atoms with van der Waals surface area (Å²) in [7, 11) is 0. The lowest BCUT2D eigenvalue weighted by Gasteiger charge is -2.54. The average Bonchev–Trinajstić information content (AvgIpc) is 3.04. The Morgan fingerprint density at radius 3 is 2.33 bits per heavy atom. The first-order chi connectivity index (χ1) is 20.4. The van der Waals surface area contributed by atoms with Crippen LogP contribution in [-0.2, 0) is 11.2 Å². The van der Waals surface area contributed by atoms with Crippen LogP contribution >= 0.6 is 15.9 Å². The molecule has 0 saturated carbocycles. The van der Waals surface area contributed by atoms with Crippen LogP contribution in [0.2, 0.25) is 0 Å². The molecule has 0 saturated heterocycles. The van der Waals surface area contributed by atoms with Crippen LogP contribution in [0.15, 0.2) is 149 Å². The molecule has 0 spiro atoms. The Hall–Kier alpha value is -3.50. The van der Waals surface area contributed by atoms with E-state index in [9.17, 15) is 10.2 Å². The van der Waals surface area contributed by atoms with Gasteiger partial charge in [-0.25, -0.2) is 0 Å². The van der Waals surface area contributed by atoms with Gasteiger partial charge in [-0.3, -0.25) is 0 Å². The molecule has 2 nitrogen and oxygen atoms in total. The fraction of sp³-hybridized carbons (Fsp3) is 0.231. The van der Waals surface area contributed by atoms with E-state index in [-0.39, 0.29) is 0 Å². The lowest BCUT2D eigenvalue weighted by atomic mass is 9.53. The molecule has 42 heavy (non-hydrogen) atoms. The maximum Gasteiger partial charge on any atom is 0.123 e. The number of aliphatic hydroxyl groups is 2. The molecule has 0 bridgehead atoms. The molecule has 3 aliphatic rings. The van der Waals surface area contributed by atoms with E-state index in [0.29, 0.717) is 0 Å². The van der Waals surface area contributed by atoms with Gasteiger partial charge in [0.25, 0.3) is 0 Å². The summed E-state index contributed by atoms with van der Waals surface area (Å²) in [5.74, 6) is -0.801. The van der Waals surface area contributed by atoms with E-state index in [1.54, 1.807) is 0 Å². The summed E-state index contributed by atoms with van der Waals surface area (Å²) in [6.07, 6.45) is 21.5. The first-order valence-electron chi connectivity index (χ1n) is 14.9. The number of hydrogen-bond donors (Lipinski definition) is 2. The van der Waals surface area contributed by atoms with Crippen molar-refractivity contribution in [3.8, 4) is 11.1 Å². The molecule has 0 radical (unpaired) electrons. The van der Waals surface area contributed by atoms with Gasteiger partial charge < -0.3 is 10.2 Å². The SMILES string of the molecule is C/C=C\C=C(/CC)C1=C(C2(O)c3cc(Br)ccc3C(O)(c3ccccc3-c3ccccc3)C3C=CC=CC32)C=CCC1. The number of allylic oxidation sites excluding steroid dienone is 8. The van der Waals surface area contributed by atoms with Crippen molar-refractivity contribution >= 4 is 15.9 Å². The second-order valence-electron chi connectivity index (χ2n) is 11.4. The quantitative estimate of drug-likeness (QED) is 0.271. The Kier molecular flexibility index (Phi) is 7.93. The van der Waals surface area contributed by atoms with Gasteiger partial charge in [0.2, 0.25) is 0 Å². The fourth-order valence-electron chi connectivity index (χ4n) is 7.26. The number of hydrogen-bond acceptors (Lipinski definition) is 2. The predicted molar refractivity (Wildman–Crippen MR) is 177 cm³/mol. The first-order valence-corrected chi connectivity index (χ1v) is 15.7. The van der Waals surface area contributed by atoms with Gasteiger partial charge in [-0.15, -0.1) is 0 Å². The Labute approximate surface area is 258 Å². The largest absolute Gasteiger partial charge is 0.380 e. The van der Waals surface area contributed by atoms with E-state index in [2.05, 4.69) is 77.5 Å². The Morgan fingerprint density at radius 2 is 1.60 bits per heavy atom. The van der Waals surface area contributed by atoms with Crippen LogP contribution in [0, 0.1) is 11.8 Å². The molecule has 0 aliphatic heterocycles. The average molecular weight is 618 g/mol.